The van der Waals surface area contributed by atoms with Gasteiger partial charge in [-0.05, 0) is 19.3 Å². The van der Waals surface area contributed by atoms with Crippen molar-refractivity contribution in [1.29, 1.82) is 0 Å². The molecule has 0 aromatic carbocycles. The topological polar surface area (TPSA) is 72.9 Å². The first-order chi connectivity index (χ1) is 8.56. The Morgan fingerprint density at radius 1 is 1.44 bits per heavy atom. The van der Waals surface area contributed by atoms with E-state index in [1.54, 1.807) is 19.0 Å². The number of nitrogens with one attached hydrogen (secondary N) is 1. The summed E-state index contributed by atoms with van der Waals surface area (Å²) in [6.07, 6.45) is 2.25. The van der Waals surface area contributed by atoms with Gasteiger partial charge in [0.05, 0.1) is 5.92 Å². The van der Waals surface area contributed by atoms with Crippen molar-refractivity contribution in [2.45, 2.75) is 19.3 Å². The maximum atomic E-state index is 11.9. The maximum Gasteiger partial charge on any atom is 0.319 e. The van der Waals surface area contributed by atoms with Crippen molar-refractivity contribution in [3.05, 3.63) is 0 Å². The predicted molar refractivity (Wildman–Crippen MR) is 68.1 cm³/mol. The minimum atomic E-state index is -0.124. The lowest BCUT2D eigenvalue weighted by atomic mass is 9.97. The van der Waals surface area contributed by atoms with Crippen LogP contribution in [0.4, 0.5) is 4.79 Å². The van der Waals surface area contributed by atoms with Crippen molar-refractivity contribution >= 4 is 11.9 Å². The molecule has 6 nitrogen and oxygen atoms in total. The first-order valence-electron chi connectivity index (χ1n) is 6.41. The molecule has 3 amide bonds. The van der Waals surface area contributed by atoms with Crippen LogP contribution in [-0.2, 0) is 4.79 Å². The van der Waals surface area contributed by atoms with E-state index >= 15 is 0 Å². The highest BCUT2D eigenvalue weighted by Gasteiger charge is 2.28. The predicted octanol–water partition coefficient (Wildman–Crippen LogP) is -0.121. The van der Waals surface area contributed by atoms with Crippen LogP contribution in [0.5, 0.6) is 0 Å². The number of rotatable bonds is 4. The Morgan fingerprint density at radius 3 is 2.78 bits per heavy atom. The standard InChI is InChI=1S/C12H23N3O3/c1-14(2)12(18)15-7-3-5-10(9-15)11(17)13-6-4-8-16/h10,16H,3-9H2,1-2H3,(H,13,17). The highest BCUT2D eigenvalue weighted by Crippen LogP contribution is 2.17. The average Bonchev–Trinajstić information content (AvgIpc) is 2.38. The number of piperidine rings is 1. The molecule has 6 heteroatoms. The first kappa shape index (κ1) is 14.8. The van der Waals surface area contributed by atoms with E-state index in [-0.39, 0.29) is 24.5 Å². The molecule has 0 radical (unpaired) electrons. The Bertz CT molecular complexity index is 294. The van der Waals surface area contributed by atoms with E-state index in [1.807, 2.05) is 0 Å². The Hall–Kier alpha value is -1.30. The Morgan fingerprint density at radius 2 is 2.17 bits per heavy atom. The van der Waals surface area contributed by atoms with Gasteiger partial charge < -0.3 is 20.2 Å². The molecule has 1 saturated heterocycles. The highest BCUT2D eigenvalue weighted by atomic mass is 16.3. The molecular formula is C12H23N3O3. The van der Waals surface area contributed by atoms with Gasteiger partial charge in [-0.3, -0.25) is 4.79 Å². The number of hydrogen-bond acceptors (Lipinski definition) is 3. The highest BCUT2D eigenvalue weighted by molar-refractivity contribution is 5.80. The van der Waals surface area contributed by atoms with Crippen molar-refractivity contribution in [2.75, 3.05) is 40.3 Å². The molecule has 0 aromatic heterocycles. The molecule has 18 heavy (non-hydrogen) atoms. The number of urea groups is 1. The van der Waals surface area contributed by atoms with E-state index in [2.05, 4.69) is 5.32 Å². The third-order valence-corrected chi connectivity index (χ3v) is 3.08. The van der Waals surface area contributed by atoms with Gasteiger partial charge >= 0.3 is 6.03 Å². The number of aliphatic hydroxyl groups excluding tert-OH is 1. The summed E-state index contributed by atoms with van der Waals surface area (Å²) in [6.45, 7) is 1.78. The molecule has 1 rings (SSSR count). The number of aliphatic hydroxyl groups is 1. The van der Waals surface area contributed by atoms with Gasteiger partial charge in [0.1, 0.15) is 0 Å². The first-order valence-corrected chi connectivity index (χ1v) is 6.41. The molecule has 1 atom stereocenters. The lowest BCUT2D eigenvalue weighted by Crippen LogP contribution is -2.48. The third-order valence-electron chi connectivity index (χ3n) is 3.08. The second-order valence-electron chi connectivity index (χ2n) is 4.83. The zero-order valence-electron chi connectivity index (χ0n) is 11.2. The van der Waals surface area contributed by atoms with Gasteiger partial charge in [0, 0.05) is 40.3 Å². The third kappa shape index (κ3) is 4.18. The van der Waals surface area contributed by atoms with Crippen LogP contribution in [0, 0.1) is 5.92 Å². The van der Waals surface area contributed by atoms with Gasteiger partial charge in [-0.15, -0.1) is 0 Å². The maximum absolute atomic E-state index is 11.9. The molecule has 0 aromatic rings. The second-order valence-corrected chi connectivity index (χ2v) is 4.83. The molecule has 0 spiro atoms. The zero-order valence-corrected chi connectivity index (χ0v) is 11.2. The number of likely N-dealkylation sites (tertiary alicyclic amines) is 1. The molecule has 104 valence electrons. The Labute approximate surface area is 108 Å². The van der Waals surface area contributed by atoms with Crippen LogP contribution in [-0.4, -0.2) is 67.2 Å². The van der Waals surface area contributed by atoms with Crippen LogP contribution in [0.15, 0.2) is 0 Å². The summed E-state index contributed by atoms with van der Waals surface area (Å²) in [5, 5.41) is 11.4. The number of carbonyl (C=O) groups is 2. The lowest BCUT2D eigenvalue weighted by Gasteiger charge is -2.33. The minimum Gasteiger partial charge on any atom is -0.396 e. The van der Waals surface area contributed by atoms with E-state index in [1.165, 1.54) is 4.90 Å². The molecule has 1 fully saturated rings. The zero-order chi connectivity index (χ0) is 13.5. The molecule has 1 heterocycles. The summed E-state index contributed by atoms with van der Waals surface area (Å²) in [7, 11) is 3.43. The number of carbonyl (C=O) groups excluding carboxylic acids is 2. The average molecular weight is 257 g/mol. The van der Waals surface area contributed by atoms with Crippen molar-refractivity contribution < 1.29 is 14.7 Å². The Balaban J connectivity index is 2.43. The normalized spacial score (nSPS) is 19.5. The van der Waals surface area contributed by atoms with Crippen molar-refractivity contribution in [3.8, 4) is 0 Å². The minimum absolute atomic E-state index is 0.0142. The quantitative estimate of drug-likeness (QED) is 0.690. The van der Waals surface area contributed by atoms with Gasteiger partial charge in [-0.1, -0.05) is 0 Å². The summed E-state index contributed by atoms with van der Waals surface area (Å²) in [5.74, 6) is -0.138. The van der Waals surface area contributed by atoms with Gasteiger partial charge in [0.15, 0.2) is 0 Å². The number of hydrogen-bond donors (Lipinski definition) is 2. The summed E-state index contributed by atoms with van der Waals surface area (Å²) >= 11 is 0. The van der Waals surface area contributed by atoms with E-state index < -0.39 is 0 Å². The largest absolute Gasteiger partial charge is 0.396 e. The van der Waals surface area contributed by atoms with E-state index in [0.29, 0.717) is 19.5 Å². The van der Waals surface area contributed by atoms with E-state index in [4.69, 9.17) is 5.11 Å². The monoisotopic (exact) mass is 257 g/mol. The SMILES string of the molecule is CN(C)C(=O)N1CCCC(C(=O)NCCCO)C1. The molecule has 1 aliphatic rings. The molecule has 2 N–H and O–H groups in total. The van der Waals surface area contributed by atoms with Crippen LogP contribution in [0.2, 0.25) is 0 Å². The molecular weight excluding hydrogens is 234 g/mol. The van der Waals surface area contributed by atoms with Crippen molar-refractivity contribution in [1.82, 2.24) is 15.1 Å². The van der Waals surface area contributed by atoms with Crippen LogP contribution in [0.1, 0.15) is 19.3 Å². The summed E-state index contributed by atoms with van der Waals surface area (Å²) in [4.78, 5) is 26.9. The molecule has 0 saturated carbocycles. The number of nitrogens with zero attached hydrogens (tertiary/aromatic N) is 2. The van der Waals surface area contributed by atoms with Gasteiger partial charge in [-0.25, -0.2) is 4.79 Å². The molecule has 1 aliphatic heterocycles. The Kier molecular flexibility index (Phi) is 5.91. The van der Waals surface area contributed by atoms with Crippen LogP contribution >= 0.6 is 0 Å². The fourth-order valence-corrected chi connectivity index (χ4v) is 2.08. The van der Waals surface area contributed by atoms with Gasteiger partial charge in [-0.2, -0.15) is 0 Å². The summed E-state index contributed by atoms with van der Waals surface area (Å²) < 4.78 is 0. The van der Waals surface area contributed by atoms with E-state index in [0.717, 1.165) is 19.4 Å². The van der Waals surface area contributed by atoms with Crippen LogP contribution in [0.3, 0.4) is 0 Å². The summed E-state index contributed by atoms with van der Waals surface area (Å²) in [6, 6.07) is -0.0390. The smallest absolute Gasteiger partial charge is 0.319 e. The molecule has 1 unspecified atom stereocenters. The van der Waals surface area contributed by atoms with Gasteiger partial charge in [0.25, 0.3) is 0 Å². The number of amides is 3. The fraction of sp³-hybridized carbons (Fsp3) is 0.833. The lowest BCUT2D eigenvalue weighted by molar-refractivity contribution is -0.126. The molecule has 0 bridgehead atoms. The van der Waals surface area contributed by atoms with E-state index in [9.17, 15) is 9.59 Å². The van der Waals surface area contributed by atoms with Gasteiger partial charge in [0.2, 0.25) is 5.91 Å². The fourth-order valence-electron chi connectivity index (χ4n) is 2.08. The summed E-state index contributed by atoms with van der Waals surface area (Å²) in [5.41, 5.74) is 0. The molecule has 0 aliphatic carbocycles. The van der Waals surface area contributed by atoms with Crippen LogP contribution < -0.4 is 5.32 Å². The van der Waals surface area contributed by atoms with Crippen LogP contribution in [0.25, 0.3) is 0 Å². The van der Waals surface area contributed by atoms with Crippen molar-refractivity contribution in [2.24, 2.45) is 5.92 Å². The second kappa shape index (κ2) is 7.20. The van der Waals surface area contributed by atoms with Crippen molar-refractivity contribution in [3.63, 3.8) is 0 Å².